The molecule has 200 valence electrons. The van der Waals surface area contributed by atoms with E-state index in [4.69, 9.17) is 0 Å². The van der Waals surface area contributed by atoms with Crippen LogP contribution in [0.25, 0.3) is 28.2 Å². The van der Waals surface area contributed by atoms with Crippen LogP contribution in [0.4, 0.5) is 0 Å². The lowest BCUT2D eigenvalue weighted by Crippen LogP contribution is -2.38. The van der Waals surface area contributed by atoms with Gasteiger partial charge in [0.05, 0.1) is 11.4 Å². The first-order valence-electron chi connectivity index (χ1n) is 13.9. The van der Waals surface area contributed by atoms with E-state index in [1.165, 1.54) is 11.1 Å². The van der Waals surface area contributed by atoms with Gasteiger partial charge < -0.3 is 9.47 Å². The number of hydrogen-bond acceptors (Lipinski definition) is 2. The van der Waals surface area contributed by atoms with Crippen LogP contribution in [0.2, 0.25) is 0 Å². The van der Waals surface area contributed by atoms with Gasteiger partial charge >= 0.3 is 0 Å². The number of aromatic nitrogens is 2. The lowest BCUT2D eigenvalue weighted by Gasteiger charge is -2.32. The second-order valence-corrected chi connectivity index (χ2v) is 11.5. The van der Waals surface area contributed by atoms with E-state index in [0.29, 0.717) is 5.92 Å². The van der Waals surface area contributed by atoms with Crippen LogP contribution >= 0.6 is 15.9 Å². The molecule has 0 N–H and O–H groups in total. The van der Waals surface area contributed by atoms with Gasteiger partial charge in [0, 0.05) is 41.2 Å². The van der Waals surface area contributed by atoms with Crippen molar-refractivity contribution in [3.05, 3.63) is 131 Å². The Bertz CT molecular complexity index is 1620. The third-order valence-corrected chi connectivity index (χ3v) is 8.46. The number of likely N-dealkylation sites (tertiary alicyclic amines) is 1. The molecule has 4 nitrogen and oxygen atoms in total. The van der Waals surface area contributed by atoms with Gasteiger partial charge in [-0.1, -0.05) is 64.5 Å². The van der Waals surface area contributed by atoms with Crippen molar-refractivity contribution >= 4 is 21.8 Å². The van der Waals surface area contributed by atoms with Crippen LogP contribution in [0.3, 0.4) is 0 Å². The summed E-state index contributed by atoms with van der Waals surface area (Å²) in [5, 5.41) is 0. The maximum Gasteiger partial charge on any atom is 0.253 e. The van der Waals surface area contributed by atoms with Crippen LogP contribution in [0.5, 0.6) is 0 Å². The zero-order chi connectivity index (χ0) is 27.5. The molecule has 1 amide bonds. The first-order valence-corrected chi connectivity index (χ1v) is 14.7. The Kier molecular flexibility index (Phi) is 7.65. The molecule has 5 aromatic rings. The van der Waals surface area contributed by atoms with Crippen LogP contribution < -0.4 is 0 Å². The highest BCUT2D eigenvalue weighted by atomic mass is 79.9. The summed E-state index contributed by atoms with van der Waals surface area (Å²) in [7, 11) is 0. The Hall–Kier alpha value is -3.96. The Balaban J connectivity index is 1.28. The largest absolute Gasteiger partial charge is 0.339 e. The highest BCUT2D eigenvalue weighted by Crippen LogP contribution is 2.34. The van der Waals surface area contributed by atoms with Crippen molar-refractivity contribution in [3.8, 4) is 28.2 Å². The van der Waals surface area contributed by atoms with Gasteiger partial charge in [-0.05, 0) is 103 Å². The fraction of sp³-hybridized carbons (Fsp3) is 0.200. The molecule has 1 saturated heterocycles. The molecule has 1 aliphatic heterocycles. The second kappa shape index (κ2) is 11.6. The van der Waals surface area contributed by atoms with Crippen molar-refractivity contribution in [2.75, 3.05) is 13.1 Å². The number of piperidine rings is 1. The molecule has 0 saturated carbocycles. The van der Waals surface area contributed by atoms with E-state index in [9.17, 15) is 4.79 Å². The number of hydrogen-bond donors (Lipinski definition) is 0. The first-order chi connectivity index (χ1) is 19.6. The molecule has 1 fully saturated rings. The number of nitrogens with zero attached hydrogens (tertiary/aromatic N) is 3. The Morgan fingerprint density at radius 1 is 0.850 bits per heavy atom. The van der Waals surface area contributed by atoms with E-state index >= 15 is 0 Å². The highest BCUT2D eigenvalue weighted by molar-refractivity contribution is 9.10. The first kappa shape index (κ1) is 26.3. The van der Waals surface area contributed by atoms with E-state index < -0.39 is 0 Å². The summed E-state index contributed by atoms with van der Waals surface area (Å²) in [4.78, 5) is 19.9. The molecule has 3 aromatic carbocycles. The maximum absolute atomic E-state index is 13.6. The average Bonchev–Trinajstić information content (AvgIpc) is 3.43. The topological polar surface area (TPSA) is 38.1 Å². The third kappa shape index (κ3) is 5.52. The van der Waals surface area contributed by atoms with Crippen molar-refractivity contribution in [1.29, 1.82) is 0 Å². The lowest BCUT2D eigenvalue weighted by molar-refractivity contribution is 0.0690. The number of carbonyl (C=O) groups excluding carboxylic acids is 1. The minimum atomic E-state index is 0.115. The number of amides is 1. The number of aryl methyl sites for hydroxylation is 1. The molecule has 6 rings (SSSR count). The van der Waals surface area contributed by atoms with Gasteiger partial charge in [0.2, 0.25) is 0 Å². The van der Waals surface area contributed by atoms with E-state index in [1.807, 2.05) is 35.5 Å². The Labute approximate surface area is 244 Å². The molecule has 40 heavy (non-hydrogen) atoms. The smallest absolute Gasteiger partial charge is 0.253 e. The summed E-state index contributed by atoms with van der Waals surface area (Å²) in [6, 6.07) is 33.5. The number of pyridine rings is 1. The summed E-state index contributed by atoms with van der Waals surface area (Å²) >= 11 is 3.56. The third-order valence-electron chi connectivity index (χ3n) is 7.93. The van der Waals surface area contributed by atoms with Crippen LogP contribution in [0, 0.1) is 12.8 Å². The minimum Gasteiger partial charge on any atom is -0.339 e. The number of carbonyl (C=O) groups is 1. The van der Waals surface area contributed by atoms with Gasteiger partial charge in [-0.3, -0.25) is 9.78 Å². The lowest BCUT2D eigenvalue weighted by atomic mass is 9.90. The van der Waals surface area contributed by atoms with Crippen LogP contribution in [0.1, 0.15) is 34.3 Å². The van der Waals surface area contributed by atoms with Crippen molar-refractivity contribution < 1.29 is 4.79 Å². The number of halogens is 1. The maximum atomic E-state index is 13.6. The predicted octanol–water partition coefficient (Wildman–Crippen LogP) is 8.37. The monoisotopic (exact) mass is 589 g/mol. The molecule has 0 spiro atoms. The van der Waals surface area contributed by atoms with Crippen molar-refractivity contribution in [3.63, 3.8) is 0 Å². The highest BCUT2D eigenvalue weighted by Gasteiger charge is 2.24. The van der Waals surface area contributed by atoms with Crippen LogP contribution in [0.15, 0.2) is 114 Å². The molecular formula is C35H32BrN3O. The summed E-state index contributed by atoms with van der Waals surface area (Å²) in [5.74, 6) is 0.706. The van der Waals surface area contributed by atoms with Gasteiger partial charge in [-0.2, -0.15) is 0 Å². The van der Waals surface area contributed by atoms with E-state index in [0.717, 1.165) is 70.6 Å². The molecular weight excluding hydrogens is 558 g/mol. The Morgan fingerprint density at radius 2 is 1.60 bits per heavy atom. The van der Waals surface area contributed by atoms with E-state index in [1.54, 1.807) is 0 Å². The van der Waals surface area contributed by atoms with Crippen LogP contribution in [-0.2, 0) is 6.42 Å². The molecule has 0 atom stereocenters. The number of para-hydroxylation sites is 1. The zero-order valence-electron chi connectivity index (χ0n) is 22.6. The molecule has 3 heterocycles. The fourth-order valence-electron chi connectivity index (χ4n) is 5.77. The molecule has 2 aromatic heterocycles. The van der Waals surface area contributed by atoms with Gasteiger partial charge in [0.15, 0.2) is 0 Å². The molecule has 5 heteroatoms. The second-order valence-electron chi connectivity index (χ2n) is 10.6. The van der Waals surface area contributed by atoms with Crippen molar-refractivity contribution in [2.45, 2.75) is 26.2 Å². The molecule has 0 radical (unpaired) electrons. The van der Waals surface area contributed by atoms with Crippen LogP contribution in [-0.4, -0.2) is 33.4 Å². The van der Waals surface area contributed by atoms with Gasteiger partial charge in [-0.25, -0.2) is 0 Å². The summed E-state index contributed by atoms with van der Waals surface area (Å²) in [6.45, 7) is 3.73. The summed E-state index contributed by atoms with van der Waals surface area (Å²) < 4.78 is 3.37. The summed E-state index contributed by atoms with van der Waals surface area (Å²) in [6.07, 6.45) is 6.85. The molecule has 0 aliphatic carbocycles. The standard InChI is InChI=1S/C35H32BrN3O/c1-25-6-2-3-10-32(25)39-33(28-11-13-31(36)14-12-28)15-16-34(39)29-8-4-9-30(23-29)35(40)38-20-17-26(18-21-38)22-27-7-5-19-37-24-27/h2-16,19,23-24,26H,17-18,20-22H2,1H3. The van der Waals surface area contributed by atoms with Crippen molar-refractivity contribution in [2.24, 2.45) is 5.92 Å². The van der Waals surface area contributed by atoms with Gasteiger partial charge in [-0.15, -0.1) is 0 Å². The minimum absolute atomic E-state index is 0.115. The molecule has 0 unspecified atom stereocenters. The predicted molar refractivity (Wildman–Crippen MR) is 166 cm³/mol. The van der Waals surface area contributed by atoms with E-state index in [2.05, 4.69) is 111 Å². The molecule has 1 aliphatic rings. The zero-order valence-corrected chi connectivity index (χ0v) is 24.2. The number of rotatable bonds is 6. The molecule has 0 bridgehead atoms. The summed E-state index contributed by atoms with van der Waals surface area (Å²) in [5.41, 5.74) is 8.70. The average molecular weight is 591 g/mol. The Morgan fingerprint density at radius 3 is 2.33 bits per heavy atom. The quantitative estimate of drug-likeness (QED) is 0.199. The van der Waals surface area contributed by atoms with Crippen molar-refractivity contribution in [1.82, 2.24) is 14.5 Å². The van der Waals surface area contributed by atoms with Gasteiger partial charge in [0.1, 0.15) is 0 Å². The number of benzene rings is 3. The normalized spacial score (nSPS) is 13.9. The van der Waals surface area contributed by atoms with E-state index in [-0.39, 0.29) is 5.91 Å². The fourth-order valence-corrected chi connectivity index (χ4v) is 6.03. The van der Waals surface area contributed by atoms with Gasteiger partial charge in [0.25, 0.3) is 5.91 Å². The SMILES string of the molecule is Cc1ccccc1-n1c(-c2ccc(Br)cc2)ccc1-c1cccc(C(=O)N2CCC(Cc3cccnc3)CC2)c1.